The Kier molecular flexibility index (Phi) is 13.9. The van der Waals surface area contributed by atoms with Gasteiger partial charge in [0.15, 0.2) is 5.78 Å². The Balaban J connectivity index is 0.000000227. The Morgan fingerprint density at radius 2 is 1.61 bits per heavy atom. The molecule has 6 nitrogen and oxygen atoms in total. The average Bonchev–Trinajstić information content (AvgIpc) is 2.83. The van der Waals surface area contributed by atoms with E-state index in [2.05, 4.69) is 20.9 Å². The first-order chi connectivity index (χ1) is 15.7. The predicted octanol–water partition coefficient (Wildman–Crippen LogP) is 4.61. The van der Waals surface area contributed by atoms with E-state index < -0.39 is 0 Å². The molecule has 4 unspecified atom stereocenters. The summed E-state index contributed by atoms with van der Waals surface area (Å²) < 4.78 is 0. The molecular formula is C26H40N4NiO2. The molecule has 4 aliphatic rings. The molecule has 0 aromatic heterocycles. The van der Waals surface area contributed by atoms with Gasteiger partial charge in [0.25, 0.3) is 0 Å². The number of hydrogen-bond donors (Lipinski definition) is 2. The van der Waals surface area contributed by atoms with E-state index in [1.165, 1.54) is 51.4 Å². The minimum atomic E-state index is -0.152. The van der Waals surface area contributed by atoms with Crippen molar-refractivity contribution >= 4 is 12.0 Å². The van der Waals surface area contributed by atoms with Crippen molar-refractivity contribution < 1.29 is 26.4 Å². The van der Waals surface area contributed by atoms with Crippen LogP contribution in [-0.4, -0.2) is 61.5 Å². The topological polar surface area (TPSA) is 89.9 Å². The van der Waals surface area contributed by atoms with Crippen molar-refractivity contribution in [2.75, 3.05) is 26.2 Å². The number of aliphatic imine (C=N–C) groups is 1. The zero-order valence-electron chi connectivity index (χ0n) is 19.7. The zero-order valence-corrected chi connectivity index (χ0v) is 20.7. The maximum atomic E-state index is 11.4. The van der Waals surface area contributed by atoms with Crippen molar-refractivity contribution in [1.82, 2.24) is 5.32 Å². The summed E-state index contributed by atoms with van der Waals surface area (Å²) in [5, 5.41) is 22.1. The van der Waals surface area contributed by atoms with Crippen LogP contribution < -0.4 is 5.32 Å². The molecule has 0 radical (unpaired) electrons. The summed E-state index contributed by atoms with van der Waals surface area (Å²) in [5.74, 6) is 0.368. The monoisotopic (exact) mass is 498 g/mol. The number of hydrogen-bond acceptors (Lipinski definition) is 4. The molecule has 2 N–H and O–H groups in total. The number of nitrogens with zero attached hydrogens (tertiary/aromatic N) is 3. The van der Waals surface area contributed by atoms with Gasteiger partial charge in [0.1, 0.15) is 0 Å². The summed E-state index contributed by atoms with van der Waals surface area (Å²) in [5.41, 5.74) is 0.721. The van der Waals surface area contributed by atoms with Gasteiger partial charge in [-0.15, -0.1) is 25.2 Å². The third-order valence-electron chi connectivity index (χ3n) is 6.59. The van der Waals surface area contributed by atoms with Crippen LogP contribution in [0.3, 0.4) is 0 Å². The van der Waals surface area contributed by atoms with Gasteiger partial charge < -0.3 is 21.1 Å². The van der Waals surface area contributed by atoms with E-state index in [9.17, 15) is 9.90 Å². The van der Waals surface area contributed by atoms with Crippen LogP contribution in [0.15, 0.2) is 41.1 Å². The number of ketones is 1. The summed E-state index contributed by atoms with van der Waals surface area (Å²) >= 11 is 0. The van der Waals surface area contributed by atoms with Crippen molar-refractivity contribution in [3.63, 3.8) is 0 Å². The summed E-state index contributed by atoms with van der Waals surface area (Å²) in [6.45, 7) is 3.69. The summed E-state index contributed by atoms with van der Waals surface area (Å²) in [4.78, 5) is 15.9. The SMILES string of the molecule is O=C1C=CC=C/C1=C/NCC1CCCC[N-]1.OC1CCCCC1C=NCC1CCCC[N-]1.[Ni+2]. The maximum absolute atomic E-state index is 11.4. The summed E-state index contributed by atoms with van der Waals surface area (Å²) in [7, 11) is 0. The molecule has 0 bridgehead atoms. The van der Waals surface area contributed by atoms with E-state index in [1.54, 1.807) is 18.4 Å². The van der Waals surface area contributed by atoms with E-state index in [4.69, 9.17) is 0 Å². The minimum Gasteiger partial charge on any atom is -0.658 e. The minimum absolute atomic E-state index is 0. The maximum Gasteiger partial charge on any atom is 2.00 e. The van der Waals surface area contributed by atoms with Gasteiger partial charge in [-0.1, -0.05) is 63.5 Å². The molecule has 0 aromatic carbocycles. The van der Waals surface area contributed by atoms with Crippen LogP contribution in [-0.2, 0) is 21.3 Å². The van der Waals surface area contributed by atoms with Gasteiger partial charge in [-0.25, -0.2) is 0 Å². The standard InChI is InChI=1S/C13H23N2O.C13H17N2O.Ni/c2*16-13-7-2-1-5-11(13)9-14-10-12-6-3-4-8-15-12;/h9,11-13,16H,1-8,10H2;1-2,5,7,9,12,14H,3-4,6,8,10H2;/q2*-1;+2/b;11-9-;. The predicted molar refractivity (Wildman–Crippen MR) is 132 cm³/mol. The number of piperidine rings is 2. The smallest absolute Gasteiger partial charge is 0.658 e. The van der Waals surface area contributed by atoms with Crippen LogP contribution in [0.5, 0.6) is 0 Å². The Bertz CT molecular complexity index is 680. The van der Waals surface area contributed by atoms with Crippen LogP contribution in [0.25, 0.3) is 10.6 Å². The third-order valence-corrected chi connectivity index (χ3v) is 6.59. The number of aliphatic hydroxyl groups excluding tert-OH is 1. The second-order valence-electron chi connectivity index (χ2n) is 9.23. The molecule has 0 spiro atoms. The molecule has 4 rings (SSSR count). The summed E-state index contributed by atoms with van der Waals surface area (Å²) in [6, 6.07) is 0.870. The van der Waals surface area contributed by atoms with Gasteiger partial charge >= 0.3 is 16.5 Å². The first-order valence-corrected chi connectivity index (χ1v) is 12.6. The molecule has 1 saturated carbocycles. The van der Waals surface area contributed by atoms with Gasteiger partial charge in [-0.05, 0) is 31.5 Å². The van der Waals surface area contributed by atoms with E-state index >= 15 is 0 Å². The second-order valence-corrected chi connectivity index (χ2v) is 9.23. The Labute approximate surface area is 209 Å². The van der Waals surface area contributed by atoms with Crippen molar-refractivity contribution in [2.24, 2.45) is 10.9 Å². The van der Waals surface area contributed by atoms with E-state index in [0.29, 0.717) is 18.0 Å². The Morgan fingerprint density at radius 1 is 0.939 bits per heavy atom. The first kappa shape index (κ1) is 28.0. The molecule has 2 saturated heterocycles. The molecule has 2 heterocycles. The van der Waals surface area contributed by atoms with Crippen LogP contribution in [0.2, 0.25) is 0 Å². The zero-order chi connectivity index (χ0) is 22.4. The van der Waals surface area contributed by atoms with Crippen LogP contribution in [0.1, 0.15) is 64.2 Å². The van der Waals surface area contributed by atoms with E-state index in [1.807, 2.05) is 18.4 Å². The van der Waals surface area contributed by atoms with Crippen molar-refractivity contribution in [3.8, 4) is 0 Å². The van der Waals surface area contributed by atoms with Gasteiger partial charge in [-0.3, -0.25) is 9.79 Å². The quantitative estimate of drug-likeness (QED) is 0.318. The van der Waals surface area contributed by atoms with E-state index in [-0.39, 0.29) is 28.4 Å². The molecule has 2 aliphatic heterocycles. The average molecular weight is 499 g/mol. The number of allylic oxidation sites excluding steroid dienone is 5. The Hall–Kier alpha value is -1.27. The van der Waals surface area contributed by atoms with Crippen LogP contribution >= 0.6 is 0 Å². The fourth-order valence-corrected chi connectivity index (χ4v) is 4.57. The van der Waals surface area contributed by atoms with Crippen molar-refractivity contribution in [2.45, 2.75) is 82.4 Å². The molecule has 3 fully saturated rings. The van der Waals surface area contributed by atoms with Gasteiger partial charge in [-0.2, -0.15) is 0 Å². The number of carbonyl (C=O) groups is 1. The molecule has 33 heavy (non-hydrogen) atoms. The number of aliphatic hydroxyl groups is 1. The number of carbonyl (C=O) groups excluding carboxylic acids is 1. The normalized spacial score (nSPS) is 31.1. The molecule has 4 atom stereocenters. The molecule has 2 aliphatic carbocycles. The largest absolute Gasteiger partial charge is 2.00 e. The molecule has 7 heteroatoms. The van der Waals surface area contributed by atoms with Crippen molar-refractivity contribution in [3.05, 3.63) is 46.7 Å². The molecule has 0 amide bonds. The third kappa shape index (κ3) is 10.7. The van der Waals surface area contributed by atoms with Crippen LogP contribution in [0, 0.1) is 5.92 Å². The number of nitrogens with one attached hydrogen (secondary N) is 1. The fourth-order valence-electron chi connectivity index (χ4n) is 4.57. The van der Waals surface area contributed by atoms with Gasteiger partial charge in [0, 0.05) is 30.5 Å². The molecule has 0 aromatic rings. The number of rotatable bonds is 6. The van der Waals surface area contributed by atoms with Crippen LogP contribution in [0.4, 0.5) is 0 Å². The molecular weight excluding hydrogens is 459 g/mol. The van der Waals surface area contributed by atoms with Gasteiger partial charge in [0.2, 0.25) is 0 Å². The van der Waals surface area contributed by atoms with Gasteiger partial charge in [0.05, 0.1) is 6.10 Å². The first-order valence-electron chi connectivity index (χ1n) is 12.6. The fraction of sp³-hybridized carbons (Fsp3) is 0.692. The Morgan fingerprint density at radius 3 is 2.27 bits per heavy atom. The van der Waals surface area contributed by atoms with E-state index in [0.717, 1.165) is 44.6 Å². The molecule has 186 valence electrons. The second kappa shape index (κ2) is 16.4. The summed E-state index contributed by atoms with van der Waals surface area (Å²) in [6.07, 6.45) is 22.6. The van der Waals surface area contributed by atoms with Crippen molar-refractivity contribution in [1.29, 1.82) is 0 Å².